The van der Waals surface area contributed by atoms with Gasteiger partial charge in [0.25, 0.3) is 0 Å². The van der Waals surface area contributed by atoms with E-state index in [-0.39, 0.29) is 12.8 Å². The topological polar surface area (TPSA) is 61.8 Å². The molecule has 0 saturated heterocycles. The number of methoxy groups -OCH3 is 3. The number of rotatable bonds is 6. The van der Waals surface area contributed by atoms with E-state index in [4.69, 9.17) is 11.2 Å². The van der Waals surface area contributed by atoms with E-state index < -0.39 is 17.4 Å². The molecule has 0 aromatic heterocycles. The van der Waals surface area contributed by atoms with Crippen molar-refractivity contribution < 1.29 is 23.8 Å². The zero-order chi connectivity index (χ0) is 13.3. The monoisotopic (exact) mass is 240 g/mol. The van der Waals surface area contributed by atoms with E-state index in [2.05, 4.69) is 15.4 Å². The molecule has 0 aliphatic carbocycles. The van der Waals surface area contributed by atoms with Crippen LogP contribution in [0.5, 0.6) is 0 Å². The summed E-state index contributed by atoms with van der Waals surface area (Å²) in [5, 5.41) is 0. The molecule has 0 fully saturated rings. The van der Waals surface area contributed by atoms with Crippen LogP contribution in [0.2, 0.25) is 0 Å². The molecular formula is C12H16O5. The molecule has 5 nitrogen and oxygen atoms in total. The standard InChI is InChI=1S/C12H16O5/c1-5-7-12(10(13)16-3,11(14)17-4)8-6-9-15-2/h1,6,9H,7-8H2,2-4H3/b9-6+. The van der Waals surface area contributed by atoms with E-state index in [1.165, 1.54) is 33.7 Å². The lowest BCUT2D eigenvalue weighted by atomic mass is 9.81. The fourth-order valence-electron chi connectivity index (χ4n) is 1.38. The molecule has 0 aliphatic heterocycles. The van der Waals surface area contributed by atoms with Gasteiger partial charge in [0.15, 0.2) is 5.41 Å². The van der Waals surface area contributed by atoms with Crippen molar-refractivity contribution >= 4 is 11.9 Å². The summed E-state index contributed by atoms with van der Waals surface area (Å²) in [5.74, 6) is 0.851. The van der Waals surface area contributed by atoms with Gasteiger partial charge in [-0.1, -0.05) is 0 Å². The maximum absolute atomic E-state index is 11.7. The first-order chi connectivity index (χ1) is 8.08. The summed E-state index contributed by atoms with van der Waals surface area (Å²) < 4.78 is 13.9. The number of ether oxygens (including phenoxy) is 3. The Morgan fingerprint density at radius 3 is 2.12 bits per heavy atom. The zero-order valence-electron chi connectivity index (χ0n) is 10.2. The predicted octanol–water partition coefficient (Wildman–Crippen LogP) is 0.892. The number of carbonyl (C=O) groups is 2. The van der Waals surface area contributed by atoms with Gasteiger partial charge in [0.1, 0.15) is 0 Å². The molecule has 0 heterocycles. The van der Waals surface area contributed by atoms with Crippen LogP contribution in [0.15, 0.2) is 12.3 Å². The summed E-state index contributed by atoms with van der Waals surface area (Å²) in [6.45, 7) is 0. The van der Waals surface area contributed by atoms with Crippen molar-refractivity contribution in [2.24, 2.45) is 5.41 Å². The highest BCUT2D eigenvalue weighted by Gasteiger charge is 2.47. The minimum Gasteiger partial charge on any atom is -0.505 e. The normalized spacial score (nSPS) is 10.7. The quantitative estimate of drug-likeness (QED) is 0.298. The second-order valence-corrected chi connectivity index (χ2v) is 3.26. The Labute approximate surface area is 101 Å². The van der Waals surface area contributed by atoms with Gasteiger partial charge in [0.05, 0.1) is 27.6 Å². The Balaban J connectivity index is 5.25. The maximum Gasteiger partial charge on any atom is 0.324 e. The molecule has 0 aliphatic rings. The third kappa shape index (κ3) is 3.52. The highest BCUT2D eigenvalue weighted by molar-refractivity contribution is 6.00. The number of allylic oxidation sites excluding steroid dienone is 1. The van der Waals surface area contributed by atoms with Gasteiger partial charge in [-0.15, -0.1) is 12.3 Å². The lowest BCUT2D eigenvalue weighted by Crippen LogP contribution is -2.40. The Kier molecular flexibility index (Phi) is 6.49. The van der Waals surface area contributed by atoms with E-state index in [9.17, 15) is 9.59 Å². The number of hydrogen-bond acceptors (Lipinski definition) is 5. The molecule has 5 heteroatoms. The second-order valence-electron chi connectivity index (χ2n) is 3.26. The molecule has 0 saturated carbocycles. The molecule has 17 heavy (non-hydrogen) atoms. The van der Waals surface area contributed by atoms with Gasteiger partial charge in [0.2, 0.25) is 0 Å². The molecular weight excluding hydrogens is 224 g/mol. The van der Waals surface area contributed by atoms with Crippen LogP contribution in [0.25, 0.3) is 0 Å². The first-order valence-electron chi connectivity index (χ1n) is 4.87. The number of carbonyl (C=O) groups excluding carboxylic acids is 2. The van der Waals surface area contributed by atoms with Gasteiger partial charge in [-0.25, -0.2) is 0 Å². The third-order valence-electron chi connectivity index (χ3n) is 2.25. The van der Waals surface area contributed by atoms with Gasteiger partial charge < -0.3 is 14.2 Å². The predicted molar refractivity (Wildman–Crippen MR) is 60.7 cm³/mol. The molecule has 0 bridgehead atoms. The van der Waals surface area contributed by atoms with Gasteiger partial charge in [0, 0.05) is 6.42 Å². The van der Waals surface area contributed by atoms with E-state index >= 15 is 0 Å². The second kappa shape index (κ2) is 7.34. The van der Waals surface area contributed by atoms with Crippen molar-refractivity contribution in [1.29, 1.82) is 0 Å². The van der Waals surface area contributed by atoms with Crippen molar-refractivity contribution in [1.82, 2.24) is 0 Å². The van der Waals surface area contributed by atoms with Crippen molar-refractivity contribution in [2.45, 2.75) is 12.8 Å². The molecule has 0 atom stereocenters. The van der Waals surface area contributed by atoms with Gasteiger partial charge in [-0.05, 0) is 12.5 Å². The molecule has 0 amide bonds. The highest BCUT2D eigenvalue weighted by Crippen LogP contribution is 2.30. The van der Waals surface area contributed by atoms with Crippen LogP contribution in [0, 0.1) is 17.8 Å². The van der Waals surface area contributed by atoms with Crippen LogP contribution in [0.3, 0.4) is 0 Å². The summed E-state index contributed by atoms with van der Waals surface area (Å²) in [5.41, 5.74) is -1.51. The fraction of sp³-hybridized carbons (Fsp3) is 0.500. The van der Waals surface area contributed by atoms with Crippen LogP contribution >= 0.6 is 0 Å². The summed E-state index contributed by atoms with van der Waals surface area (Å²) in [7, 11) is 3.84. The van der Waals surface area contributed by atoms with Crippen molar-refractivity contribution in [3.8, 4) is 12.3 Å². The molecule has 0 rings (SSSR count). The fourth-order valence-corrected chi connectivity index (χ4v) is 1.38. The van der Waals surface area contributed by atoms with Crippen LogP contribution in [-0.2, 0) is 23.8 Å². The van der Waals surface area contributed by atoms with E-state index in [1.807, 2.05) is 0 Å². The van der Waals surface area contributed by atoms with Crippen LogP contribution in [0.4, 0.5) is 0 Å². The Morgan fingerprint density at radius 1 is 1.24 bits per heavy atom. The Morgan fingerprint density at radius 2 is 1.76 bits per heavy atom. The van der Waals surface area contributed by atoms with E-state index in [0.29, 0.717) is 0 Å². The third-order valence-corrected chi connectivity index (χ3v) is 2.25. The Bertz CT molecular complexity index is 321. The molecule has 0 aromatic carbocycles. The molecule has 0 spiro atoms. The molecule has 0 N–H and O–H groups in total. The highest BCUT2D eigenvalue weighted by atomic mass is 16.5. The number of esters is 2. The average Bonchev–Trinajstić information content (AvgIpc) is 2.35. The van der Waals surface area contributed by atoms with E-state index in [1.54, 1.807) is 0 Å². The summed E-state index contributed by atoms with van der Waals surface area (Å²) >= 11 is 0. The summed E-state index contributed by atoms with van der Waals surface area (Å²) in [6, 6.07) is 0. The minimum absolute atomic E-state index is 0.0599. The minimum atomic E-state index is -1.51. The van der Waals surface area contributed by atoms with Gasteiger partial charge >= 0.3 is 11.9 Å². The van der Waals surface area contributed by atoms with Gasteiger partial charge in [-0.3, -0.25) is 9.59 Å². The maximum atomic E-state index is 11.7. The first-order valence-corrected chi connectivity index (χ1v) is 4.87. The molecule has 94 valence electrons. The Hall–Kier alpha value is -1.96. The smallest absolute Gasteiger partial charge is 0.324 e. The molecule has 0 unspecified atom stereocenters. The largest absolute Gasteiger partial charge is 0.505 e. The lowest BCUT2D eigenvalue weighted by Gasteiger charge is -2.24. The van der Waals surface area contributed by atoms with Crippen LogP contribution in [-0.4, -0.2) is 33.3 Å². The molecule has 0 aromatic rings. The molecule has 0 radical (unpaired) electrons. The van der Waals surface area contributed by atoms with Crippen molar-refractivity contribution in [3.63, 3.8) is 0 Å². The van der Waals surface area contributed by atoms with Gasteiger partial charge in [-0.2, -0.15) is 0 Å². The van der Waals surface area contributed by atoms with Crippen LogP contribution in [0.1, 0.15) is 12.8 Å². The SMILES string of the molecule is C#CCC(C/C=C/OC)(C(=O)OC)C(=O)OC. The van der Waals surface area contributed by atoms with Crippen LogP contribution < -0.4 is 0 Å². The zero-order valence-corrected chi connectivity index (χ0v) is 10.2. The summed E-state index contributed by atoms with van der Waals surface area (Å²) in [4.78, 5) is 23.5. The summed E-state index contributed by atoms with van der Waals surface area (Å²) in [6.07, 6.45) is 8.02. The van der Waals surface area contributed by atoms with Crippen molar-refractivity contribution in [2.75, 3.05) is 21.3 Å². The number of terminal acetylenes is 1. The van der Waals surface area contributed by atoms with Crippen molar-refractivity contribution in [3.05, 3.63) is 12.3 Å². The van der Waals surface area contributed by atoms with E-state index in [0.717, 1.165) is 0 Å². The number of hydrogen-bond donors (Lipinski definition) is 0. The first kappa shape index (κ1) is 15.0. The average molecular weight is 240 g/mol. The lowest BCUT2D eigenvalue weighted by molar-refractivity contribution is -0.168.